The number of hydrogen-bond donors (Lipinski definition) is 1. The molecule has 1 aromatic heterocycles. The average molecular weight is 221 g/mol. The van der Waals surface area contributed by atoms with Crippen molar-refractivity contribution in [3.63, 3.8) is 0 Å². The standard InChI is InChI=1S/C11H15N3O2/c1-14-7-9(5-13-14)10(15)6-12-11(16)8-3-2-4-8/h5,7-8H,2-4,6H2,1H3,(H,12,16). The highest BCUT2D eigenvalue weighted by Crippen LogP contribution is 2.25. The van der Waals surface area contributed by atoms with E-state index in [-0.39, 0.29) is 24.2 Å². The summed E-state index contributed by atoms with van der Waals surface area (Å²) in [6.45, 7) is 0.0705. The predicted octanol–water partition coefficient (Wildman–Crippen LogP) is 0.519. The van der Waals surface area contributed by atoms with Crippen molar-refractivity contribution in [2.24, 2.45) is 13.0 Å². The maximum Gasteiger partial charge on any atom is 0.223 e. The molecule has 16 heavy (non-hydrogen) atoms. The van der Waals surface area contributed by atoms with Crippen LogP contribution in [0.2, 0.25) is 0 Å². The minimum absolute atomic E-state index is 0.00323. The van der Waals surface area contributed by atoms with Crippen LogP contribution in [0.15, 0.2) is 12.4 Å². The zero-order valence-corrected chi connectivity index (χ0v) is 9.27. The summed E-state index contributed by atoms with van der Waals surface area (Å²) in [7, 11) is 1.75. The number of hydrogen-bond acceptors (Lipinski definition) is 3. The first-order valence-corrected chi connectivity index (χ1v) is 5.46. The molecular weight excluding hydrogens is 206 g/mol. The van der Waals surface area contributed by atoms with Crippen molar-refractivity contribution in [3.05, 3.63) is 18.0 Å². The van der Waals surface area contributed by atoms with Crippen LogP contribution in [-0.4, -0.2) is 28.0 Å². The number of carbonyl (C=O) groups is 2. The Morgan fingerprint density at radius 3 is 2.81 bits per heavy atom. The van der Waals surface area contributed by atoms with E-state index in [0.717, 1.165) is 19.3 Å². The molecular formula is C11H15N3O2. The number of ketones is 1. The lowest BCUT2D eigenvalue weighted by atomic mass is 9.85. The van der Waals surface area contributed by atoms with Crippen LogP contribution in [0.5, 0.6) is 0 Å². The van der Waals surface area contributed by atoms with Crippen molar-refractivity contribution in [3.8, 4) is 0 Å². The molecule has 1 N–H and O–H groups in total. The quantitative estimate of drug-likeness (QED) is 0.754. The number of carbonyl (C=O) groups excluding carboxylic acids is 2. The third kappa shape index (κ3) is 2.29. The van der Waals surface area contributed by atoms with E-state index in [4.69, 9.17) is 0 Å². The number of amides is 1. The minimum atomic E-state index is -0.0965. The minimum Gasteiger partial charge on any atom is -0.348 e. The second kappa shape index (κ2) is 4.47. The maximum atomic E-state index is 11.6. The van der Waals surface area contributed by atoms with E-state index in [1.807, 2.05) is 0 Å². The largest absolute Gasteiger partial charge is 0.348 e. The van der Waals surface area contributed by atoms with Crippen molar-refractivity contribution in [1.29, 1.82) is 0 Å². The van der Waals surface area contributed by atoms with Crippen LogP contribution in [0.1, 0.15) is 29.6 Å². The molecule has 0 bridgehead atoms. The molecule has 0 aliphatic heterocycles. The van der Waals surface area contributed by atoms with Gasteiger partial charge in [0, 0.05) is 19.2 Å². The van der Waals surface area contributed by atoms with Crippen LogP contribution in [-0.2, 0) is 11.8 Å². The van der Waals surface area contributed by atoms with Crippen LogP contribution in [0.25, 0.3) is 0 Å². The topological polar surface area (TPSA) is 64.0 Å². The average Bonchev–Trinajstić information content (AvgIpc) is 2.58. The zero-order valence-electron chi connectivity index (χ0n) is 9.27. The summed E-state index contributed by atoms with van der Waals surface area (Å²) >= 11 is 0. The molecule has 1 aliphatic rings. The molecule has 1 aliphatic carbocycles. The Kier molecular flexibility index (Phi) is 3.03. The van der Waals surface area contributed by atoms with Crippen molar-refractivity contribution < 1.29 is 9.59 Å². The van der Waals surface area contributed by atoms with Crippen molar-refractivity contribution in [2.75, 3.05) is 6.54 Å². The summed E-state index contributed by atoms with van der Waals surface area (Å²) in [6.07, 6.45) is 6.18. The van der Waals surface area contributed by atoms with E-state index in [1.165, 1.54) is 6.20 Å². The Bertz CT molecular complexity index is 407. The molecule has 0 spiro atoms. The first kappa shape index (κ1) is 10.9. The van der Waals surface area contributed by atoms with Gasteiger partial charge >= 0.3 is 0 Å². The third-order valence-corrected chi connectivity index (χ3v) is 2.93. The first-order chi connectivity index (χ1) is 7.66. The van der Waals surface area contributed by atoms with Gasteiger partial charge in [0.15, 0.2) is 5.78 Å². The normalized spacial score (nSPS) is 15.6. The van der Waals surface area contributed by atoms with Crippen molar-refractivity contribution in [1.82, 2.24) is 15.1 Å². The van der Waals surface area contributed by atoms with E-state index in [2.05, 4.69) is 10.4 Å². The zero-order chi connectivity index (χ0) is 11.5. The lowest BCUT2D eigenvalue weighted by Gasteiger charge is -2.23. The van der Waals surface area contributed by atoms with Crippen LogP contribution in [0, 0.1) is 5.92 Å². The number of Topliss-reactive ketones (excluding diaryl/α,β-unsaturated/α-hetero) is 1. The Labute approximate surface area is 93.8 Å². The van der Waals surface area contributed by atoms with Gasteiger partial charge in [0.05, 0.1) is 18.3 Å². The summed E-state index contributed by atoms with van der Waals surface area (Å²) in [6, 6.07) is 0. The van der Waals surface area contributed by atoms with Gasteiger partial charge in [-0.25, -0.2) is 0 Å². The summed E-state index contributed by atoms with van der Waals surface area (Å²) < 4.78 is 1.57. The van der Waals surface area contributed by atoms with Crippen LogP contribution in [0.3, 0.4) is 0 Å². The Morgan fingerprint density at radius 2 is 2.31 bits per heavy atom. The van der Waals surface area contributed by atoms with Gasteiger partial charge in [0.1, 0.15) is 0 Å². The monoisotopic (exact) mass is 221 g/mol. The molecule has 0 atom stereocenters. The molecule has 86 valence electrons. The summed E-state index contributed by atoms with van der Waals surface area (Å²) in [5.41, 5.74) is 0.538. The van der Waals surface area contributed by atoms with Gasteiger partial charge in [-0.15, -0.1) is 0 Å². The molecule has 1 heterocycles. The number of aryl methyl sites for hydroxylation is 1. The first-order valence-electron chi connectivity index (χ1n) is 5.46. The van der Waals surface area contributed by atoms with Gasteiger partial charge < -0.3 is 5.32 Å². The fraction of sp³-hybridized carbons (Fsp3) is 0.545. The van der Waals surface area contributed by atoms with Gasteiger partial charge in [-0.3, -0.25) is 14.3 Å². The number of rotatable bonds is 4. The second-order valence-corrected chi connectivity index (χ2v) is 4.17. The van der Waals surface area contributed by atoms with Gasteiger partial charge in [-0.05, 0) is 12.8 Å². The molecule has 0 saturated heterocycles. The van der Waals surface area contributed by atoms with Gasteiger partial charge in [0.25, 0.3) is 0 Å². The molecule has 1 fully saturated rings. The van der Waals surface area contributed by atoms with Crippen LogP contribution >= 0.6 is 0 Å². The van der Waals surface area contributed by atoms with E-state index in [0.29, 0.717) is 5.56 Å². The fourth-order valence-electron chi connectivity index (χ4n) is 1.65. The van der Waals surface area contributed by atoms with Crippen molar-refractivity contribution in [2.45, 2.75) is 19.3 Å². The molecule has 1 aromatic rings. The van der Waals surface area contributed by atoms with E-state index >= 15 is 0 Å². The number of nitrogens with one attached hydrogen (secondary N) is 1. The molecule has 0 radical (unpaired) electrons. The highest BCUT2D eigenvalue weighted by atomic mass is 16.2. The maximum absolute atomic E-state index is 11.6. The molecule has 5 heteroatoms. The third-order valence-electron chi connectivity index (χ3n) is 2.93. The number of nitrogens with zero attached hydrogens (tertiary/aromatic N) is 2. The Hall–Kier alpha value is -1.65. The lowest BCUT2D eigenvalue weighted by molar-refractivity contribution is -0.127. The van der Waals surface area contributed by atoms with E-state index in [9.17, 15) is 9.59 Å². The molecule has 0 aromatic carbocycles. The highest BCUT2D eigenvalue weighted by Gasteiger charge is 2.25. The van der Waals surface area contributed by atoms with Crippen LogP contribution < -0.4 is 5.32 Å². The van der Waals surface area contributed by atoms with Crippen molar-refractivity contribution >= 4 is 11.7 Å². The summed E-state index contributed by atoms with van der Waals surface area (Å²) in [5, 5.41) is 6.58. The SMILES string of the molecule is Cn1cc(C(=O)CNC(=O)C2CCC2)cn1. The fourth-order valence-corrected chi connectivity index (χ4v) is 1.65. The smallest absolute Gasteiger partial charge is 0.223 e. The predicted molar refractivity (Wildman–Crippen MR) is 57.9 cm³/mol. The molecule has 2 rings (SSSR count). The number of aromatic nitrogens is 2. The van der Waals surface area contributed by atoms with Crippen LogP contribution in [0.4, 0.5) is 0 Å². The molecule has 1 saturated carbocycles. The Balaban J connectivity index is 1.81. The summed E-state index contributed by atoms with van der Waals surface area (Å²) in [4.78, 5) is 23.1. The Morgan fingerprint density at radius 1 is 1.56 bits per heavy atom. The van der Waals surface area contributed by atoms with Gasteiger partial charge in [-0.1, -0.05) is 6.42 Å². The second-order valence-electron chi connectivity index (χ2n) is 4.17. The molecule has 5 nitrogen and oxygen atoms in total. The van der Waals surface area contributed by atoms with Gasteiger partial charge in [-0.2, -0.15) is 5.10 Å². The molecule has 0 unspecified atom stereocenters. The van der Waals surface area contributed by atoms with Gasteiger partial charge in [0.2, 0.25) is 5.91 Å². The lowest BCUT2D eigenvalue weighted by Crippen LogP contribution is -2.37. The highest BCUT2D eigenvalue weighted by molar-refractivity contribution is 5.99. The van der Waals surface area contributed by atoms with E-state index in [1.54, 1.807) is 17.9 Å². The molecule has 1 amide bonds. The van der Waals surface area contributed by atoms with E-state index < -0.39 is 0 Å². The summed E-state index contributed by atoms with van der Waals surface area (Å²) in [5.74, 6) is 0.0333.